The third kappa shape index (κ3) is 6.08. The first-order valence-corrected chi connectivity index (χ1v) is 11.6. The molecule has 34 heavy (non-hydrogen) atoms. The molecule has 2 amide bonds. The van der Waals surface area contributed by atoms with Crippen LogP contribution in [0.2, 0.25) is 0 Å². The molecular weight excluding hydrogens is 461 g/mol. The normalized spacial score (nSPS) is 14.1. The van der Waals surface area contributed by atoms with Gasteiger partial charge in [-0.3, -0.25) is 14.5 Å². The molecule has 2 aromatic carbocycles. The lowest BCUT2D eigenvalue weighted by atomic mass is 10.3. The van der Waals surface area contributed by atoms with Crippen molar-refractivity contribution in [3.63, 3.8) is 0 Å². The van der Waals surface area contributed by atoms with Gasteiger partial charge in [0.2, 0.25) is 17.0 Å². The van der Waals surface area contributed by atoms with Crippen LogP contribution in [0.3, 0.4) is 0 Å². The lowest BCUT2D eigenvalue weighted by molar-refractivity contribution is -0.130. The number of hydrogen-bond acceptors (Lipinski definition) is 8. The Bertz CT molecular complexity index is 1130. The Morgan fingerprint density at radius 3 is 2.59 bits per heavy atom. The number of ether oxygens (including phenoxy) is 1. The summed E-state index contributed by atoms with van der Waals surface area (Å²) in [6.45, 7) is 2.39. The van der Waals surface area contributed by atoms with Gasteiger partial charge < -0.3 is 15.0 Å². The summed E-state index contributed by atoms with van der Waals surface area (Å²) in [7, 11) is 1.60. The number of tetrazole rings is 1. The second-order valence-corrected chi connectivity index (χ2v) is 8.52. The van der Waals surface area contributed by atoms with E-state index in [9.17, 15) is 14.0 Å². The maximum atomic E-state index is 13.3. The van der Waals surface area contributed by atoms with Crippen LogP contribution in [-0.4, -0.2) is 87.4 Å². The molecule has 1 N–H and O–H groups in total. The molecule has 10 nitrogen and oxygen atoms in total. The van der Waals surface area contributed by atoms with Crippen molar-refractivity contribution >= 4 is 29.3 Å². The average Bonchev–Trinajstić information content (AvgIpc) is 3.31. The third-order valence-electron chi connectivity index (χ3n) is 5.28. The number of piperazine rings is 1. The SMILES string of the molecule is COc1ccc(-n2nnnc2SCC(=O)N2CCN(CC(=O)Nc3cccc(F)c3)CC2)cc1. The van der Waals surface area contributed by atoms with Crippen molar-refractivity contribution in [3.8, 4) is 11.4 Å². The lowest BCUT2D eigenvalue weighted by Crippen LogP contribution is -2.50. The highest BCUT2D eigenvalue weighted by Gasteiger charge is 2.23. The fraction of sp³-hybridized carbons (Fsp3) is 0.318. The average molecular weight is 486 g/mol. The number of rotatable bonds is 8. The summed E-state index contributed by atoms with van der Waals surface area (Å²) < 4.78 is 20.0. The summed E-state index contributed by atoms with van der Waals surface area (Å²) in [5, 5.41) is 15.0. The predicted molar refractivity (Wildman–Crippen MR) is 124 cm³/mol. The Balaban J connectivity index is 1.23. The van der Waals surface area contributed by atoms with Crippen LogP contribution in [0, 0.1) is 5.82 Å². The molecule has 0 aliphatic carbocycles. The van der Waals surface area contributed by atoms with E-state index < -0.39 is 5.82 Å². The maximum absolute atomic E-state index is 13.3. The monoisotopic (exact) mass is 485 g/mol. The summed E-state index contributed by atoms with van der Waals surface area (Å²) in [6, 6.07) is 13.1. The molecule has 1 aliphatic heterocycles. The van der Waals surface area contributed by atoms with E-state index in [1.807, 2.05) is 29.2 Å². The number of hydrogen-bond donors (Lipinski definition) is 1. The molecule has 1 fully saturated rings. The van der Waals surface area contributed by atoms with Crippen molar-refractivity contribution in [3.05, 3.63) is 54.3 Å². The number of amides is 2. The van der Waals surface area contributed by atoms with Crippen molar-refractivity contribution in [2.24, 2.45) is 0 Å². The van der Waals surface area contributed by atoms with Gasteiger partial charge in [0.1, 0.15) is 11.6 Å². The number of methoxy groups -OCH3 is 1. The quantitative estimate of drug-likeness (QED) is 0.481. The van der Waals surface area contributed by atoms with Crippen LogP contribution in [0.4, 0.5) is 10.1 Å². The van der Waals surface area contributed by atoms with Crippen molar-refractivity contribution in [2.45, 2.75) is 5.16 Å². The second-order valence-electron chi connectivity index (χ2n) is 7.58. The van der Waals surface area contributed by atoms with Crippen LogP contribution in [0.1, 0.15) is 0 Å². The molecule has 1 saturated heterocycles. The van der Waals surface area contributed by atoms with Gasteiger partial charge in [0.05, 0.1) is 25.1 Å². The van der Waals surface area contributed by atoms with E-state index in [0.717, 1.165) is 11.4 Å². The Kier molecular flexibility index (Phi) is 7.70. The molecule has 178 valence electrons. The molecule has 1 aromatic heterocycles. The third-order valence-corrected chi connectivity index (χ3v) is 6.19. The molecule has 0 spiro atoms. The number of halogens is 1. The zero-order valence-corrected chi connectivity index (χ0v) is 19.4. The molecular formula is C22H24FN7O3S. The maximum Gasteiger partial charge on any atom is 0.238 e. The number of aromatic nitrogens is 4. The number of nitrogens with one attached hydrogen (secondary N) is 1. The van der Waals surface area contributed by atoms with Gasteiger partial charge in [-0.15, -0.1) is 5.10 Å². The first kappa shape index (κ1) is 23.6. The lowest BCUT2D eigenvalue weighted by Gasteiger charge is -2.34. The standard InChI is InChI=1S/C22H24FN7O3S/c1-33-19-7-5-18(6-8-19)30-22(25-26-27-30)34-15-21(32)29-11-9-28(10-12-29)14-20(31)24-17-4-2-3-16(23)13-17/h2-8,13H,9-12,14-15H2,1H3,(H,24,31). The van der Waals surface area contributed by atoms with Gasteiger partial charge in [0, 0.05) is 31.9 Å². The van der Waals surface area contributed by atoms with Gasteiger partial charge >= 0.3 is 0 Å². The van der Waals surface area contributed by atoms with Gasteiger partial charge in [0.25, 0.3) is 0 Å². The Labute approximate surface area is 200 Å². The van der Waals surface area contributed by atoms with Crippen molar-refractivity contribution in [1.29, 1.82) is 0 Å². The van der Waals surface area contributed by atoms with Crippen molar-refractivity contribution in [2.75, 3.05) is 50.9 Å². The van der Waals surface area contributed by atoms with E-state index in [4.69, 9.17) is 4.74 Å². The Morgan fingerprint density at radius 1 is 1.12 bits per heavy atom. The molecule has 0 unspecified atom stereocenters. The molecule has 4 rings (SSSR count). The number of thioether (sulfide) groups is 1. The minimum Gasteiger partial charge on any atom is -0.497 e. The van der Waals surface area contributed by atoms with E-state index in [-0.39, 0.29) is 24.1 Å². The molecule has 0 radical (unpaired) electrons. The first-order valence-electron chi connectivity index (χ1n) is 10.6. The van der Waals surface area contributed by atoms with Crippen molar-refractivity contribution in [1.82, 2.24) is 30.0 Å². The first-order chi connectivity index (χ1) is 16.5. The zero-order valence-electron chi connectivity index (χ0n) is 18.6. The molecule has 3 aromatic rings. The van der Waals surface area contributed by atoms with Gasteiger partial charge in [-0.2, -0.15) is 4.68 Å². The summed E-state index contributed by atoms with van der Waals surface area (Å²) in [6.07, 6.45) is 0. The number of carbonyl (C=O) groups excluding carboxylic acids is 2. The highest BCUT2D eigenvalue weighted by Crippen LogP contribution is 2.21. The minimum atomic E-state index is -0.402. The van der Waals surface area contributed by atoms with Crippen LogP contribution in [0.5, 0.6) is 5.75 Å². The highest BCUT2D eigenvalue weighted by molar-refractivity contribution is 7.99. The van der Waals surface area contributed by atoms with Gasteiger partial charge in [0.15, 0.2) is 0 Å². The molecule has 1 aliphatic rings. The summed E-state index contributed by atoms with van der Waals surface area (Å²) >= 11 is 1.27. The molecule has 0 saturated carbocycles. The summed E-state index contributed by atoms with van der Waals surface area (Å²) in [4.78, 5) is 28.7. The molecule has 2 heterocycles. The summed E-state index contributed by atoms with van der Waals surface area (Å²) in [5.74, 6) is 0.299. The minimum absolute atomic E-state index is 0.0156. The van der Waals surface area contributed by atoms with Crippen LogP contribution in [-0.2, 0) is 9.59 Å². The largest absolute Gasteiger partial charge is 0.497 e. The van der Waals surface area contributed by atoms with E-state index in [0.29, 0.717) is 37.0 Å². The van der Waals surface area contributed by atoms with E-state index in [1.165, 1.54) is 23.9 Å². The van der Waals surface area contributed by atoms with Gasteiger partial charge in [-0.1, -0.05) is 17.8 Å². The van der Waals surface area contributed by atoms with Crippen LogP contribution < -0.4 is 10.1 Å². The fourth-order valence-corrected chi connectivity index (χ4v) is 4.29. The van der Waals surface area contributed by atoms with Gasteiger partial charge in [-0.25, -0.2) is 4.39 Å². The number of nitrogens with zero attached hydrogens (tertiary/aromatic N) is 6. The Morgan fingerprint density at radius 2 is 1.88 bits per heavy atom. The van der Waals surface area contributed by atoms with Crippen LogP contribution >= 0.6 is 11.8 Å². The number of benzene rings is 2. The zero-order chi connectivity index (χ0) is 23.9. The second kappa shape index (κ2) is 11.1. The highest BCUT2D eigenvalue weighted by atomic mass is 32.2. The smallest absolute Gasteiger partial charge is 0.238 e. The number of anilines is 1. The topological polar surface area (TPSA) is 105 Å². The van der Waals surface area contributed by atoms with Crippen LogP contribution in [0.15, 0.2) is 53.7 Å². The Hall–Kier alpha value is -3.51. The van der Waals surface area contributed by atoms with Crippen LogP contribution in [0.25, 0.3) is 5.69 Å². The van der Waals surface area contributed by atoms with E-state index >= 15 is 0 Å². The molecule has 0 atom stereocenters. The van der Waals surface area contributed by atoms with E-state index in [1.54, 1.807) is 28.8 Å². The predicted octanol–water partition coefficient (Wildman–Crippen LogP) is 1.68. The number of carbonyl (C=O) groups is 2. The van der Waals surface area contributed by atoms with Gasteiger partial charge in [-0.05, 0) is 52.9 Å². The van der Waals surface area contributed by atoms with Crippen molar-refractivity contribution < 1.29 is 18.7 Å². The van der Waals surface area contributed by atoms with E-state index in [2.05, 4.69) is 20.8 Å². The molecule has 0 bridgehead atoms. The fourth-order valence-electron chi connectivity index (χ4n) is 3.50. The summed E-state index contributed by atoms with van der Waals surface area (Å²) in [5.41, 5.74) is 1.19. The molecule has 12 heteroatoms.